The minimum absolute atomic E-state index is 1.11. The Labute approximate surface area is 373 Å². The van der Waals surface area contributed by atoms with E-state index in [1.165, 1.54) is 76.3 Å². The number of hydrogen-bond acceptors (Lipinski definition) is 1. The highest BCUT2D eigenvalue weighted by Crippen LogP contribution is 2.43. The van der Waals surface area contributed by atoms with Crippen molar-refractivity contribution in [2.45, 2.75) is 6.92 Å². The summed E-state index contributed by atoms with van der Waals surface area (Å²) < 4.78 is 4.93. The summed E-state index contributed by atoms with van der Waals surface area (Å²) in [5, 5.41) is 9.86. The molecule has 2 aromatic heterocycles. The molecule has 10 aromatic carbocycles. The van der Waals surface area contributed by atoms with Gasteiger partial charge in [0.2, 0.25) is 0 Å². The molecule has 12 rings (SSSR count). The van der Waals surface area contributed by atoms with Gasteiger partial charge in [0.15, 0.2) is 0 Å². The molecular weight excluding hydrogens is 775 g/mol. The molecule has 2 heterocycles. The quantitative estimate of drug-likeness (QED) is 0.146. The zero-order chi connectivity index (χ0) is 43.0. The monoisotopic (exact) mass is 819 g/mol. The van der Waals surface area contributed by atoms with Crippen molar-refractivity contribution in [3.05, 3.63) is 249 Å². The molecule has 0 radical (unpaired) electrons. The van der Waals surface area contributed by atoms with Crippen LogP contribution in [0.5, 0.6) is 0 Å². The van der Waals surface area contributed by atoms with Crippen LogP contribution in [0.4, 0.5) is 17.1 Å². The van der Waals surface area contributed by atoms with Gasteiger partial charge in [-0.1, -0.05) is 170 Å². The van der Waals surface area contributed by atoms with Gasteiger partial charge in [-0.05, 0) is 118 Å². The molecule has 0 fully saturated rings. The van der Waals surface area contributed by atoms with Crippen LogP contribution in [-0.4, -0.2) is 9.13 Å². The summed E-state index contributed by atoms with van der Waals surface area (Å²) in [6.07, 6.45) is 5.58. The van der Waals surface area contributed by atoms with Gasteiger partial charge in [-0.3, -0.25) is 0 Å². The van der Waals surface area contributed by atoms with Crippen LogP contribution in [-0.2, 0) is 0 Å². The normalized spacial score (nSPS) is 11.5. The van der Waals surface area contributed by atoms with Crippen LogP contribution in [0, 0.1) is 0 Å². The van der Waals surface area contributed by atoms with Crippen LogP contribution in [0.15, 0.2) is 249 Å². The molecule has 0 atom stereocenters. The lowest BCUT2D eigenvalue weighted by molar-refractivity contribution is 1.18. The van der Waals surface area contributed by atoms with E-state index in [1.807, 2.05) is 19.1 Å². The Hall–Kier alpha value is -8.40. The van der Waals surface area contributed by atoms with Gasteiger partial charge in [-0.2, -0.15) is 0 Å². The fraction of sp³-hybridized carbons (Fsp3) is 0.0164. The summed E-state index contributed by atoms with van der Waals surface area (Å²) in [5.74, 6) is 0. The summed E-state index contributed by atoms with van der Waals surface area (Å²) in [6.45, 7) is 5.42. The van der Waals surface area contributed by atoms with Gasteiger partial charge in [-0.25, -0.2) is 0 Å². The molecule has 304 valence electrons. The van der Waals surface area contributed by atoms with Crippen LogP contribution in [0.1, 0.15) is 6.92 Å². The first-order valence-corrected chi connectivity index (χ1v) is 21.9. The molecular formula is C61H45N3. The summed E-state index contributed by atoms with van der Waals surface area (Å²) in [4.78, 5) is 2.34. The van der Waals surface area contributed by atoms with Crippen molar-refractivity contribution in [1.82, 2.24) is 9.13 Å². The van der Waals surface area contributed by atoms with E-state index in [2.05, 4.69) is 245 Å². The van der Waals surface area contributed by atoms with Gasteiger partial charge in [0, 0.05) is 50.0 Å². The molecule has 0 unspecified atom stereocenters. The highest BCUT2D eigenvalue weighted by atomic mass is 15.1. The van der Waals surface area contributed by atoms with Gasteiger partial charge < -0.3 is 14.0 Å². The van der Waals surface area contributed by atoms with Gasteiger partial charge in [0.05, 0.1) is 22.1 Å². The predicted molar refractivity (Wildman–Crippen MR) is 275 cm³/mol. The number of nitrogens with zero attached hydrogens (tertiary/aromatic N) is 3. The lowest BCUT2D eigenvalue weighted by Gasteiger charge is -2.26. The molecule has 0 amide bonds. The van der Waals surface area contributed by atoms with Crippen LogP contribution < -0.4 is 4.90 Å². The number of aromatic nitrogens is 2. The standard InChI is InChI=1S/C56H37N3.C5H8/c1-3-13-38(14-4-1)40-23-28-45(29-24-40)57(44-17-5-2-6-18-44)46-31-26-43-37-48(32-27-42(43)36-46)59-52-21-11-9-19-49(52)50-33-34-54-55(56(50)59)51-20-10-12-22-53(51)58(54)47-30-25-39-15-7-8-16-41(39)35-47;1-3-5-4-2/h1-37H;3-5H,1H2,2H3/b;5-4-. The first kappa shape index (κ1) is 38.5. The number of anilines is 3. The van der Waals surface area contributed by atoms with Crippen LogP contribution in [0.2, 0.25) is 0 Å². The molecule has 0 bridgehead atoms. The second kappa shape index (κ2) is 16.5. The maximum absolute atomic E-state index is 3.46. The Morgan fingerprint density at radius 3 is 1.64 bits per heavy atom. The first-order chi connectivity index (χ1) is 31.7. The number of allylic oxidation sites excluding steroid dienone is 3. The average molecular weight is 820 g/mol. The van der Waals surface area contributed by atoms with Crippen molar-refractivity contribution in [1.29, 1.82) is 0 Å². The molecule has 0 aliphatic heterocycles. The Morgan fingerprint density at radius 1 is 0.391 bits per heavy atom. The van der Waals surface area contributed by atoms with Crippen molar-refractivity contribution in [2.75, 3.05) is 4.90 Å². The van der Waals surface area contributed by atoms with Crippen LogP contribution in [0.3, 0.4) is 0 Å². The van der Waals surface area contributed by atoms with Gasteiger partial charge in [0.25, 0.3) is 0 Å². The van der Waals surface area contributed by atoms with Gasteiger partial charge in [0.1, 0.15) is 0 Å². The van der Waals surface area contributed by atoms with Crippen LogP contribution >= 0.6 is 0 Å². The SMILES string of the molecule is C=C/C=C\C.c1ccc(-c2ccc(N(c3ccccc3)c3ccc4cc(-n5c6ccccc6c6ccc7c(c8ccccc8n7-c7ccc8ccccc8c7)c65)ccc4c3)cc2)cc1. The zero-order valence-corrected chi connectivity index (χ0v) is 35.6. The second-order valence-corrected chi connectivity index (χ2v) is 16.2. The minimum Gasteiger partial charge on any atom is -0.310 e. The largest absolute Gasteiger partial charge is 0.310 e. The molecule has 0 aliphatic rings. The van der Waals surface area contributed by atoms with E-state index in [9.17, 15) is 0 Å². The van der Waals surface area contributed by atoms with Crippen molar-refractivity contribution in [3.63, 3.8) is 0 Å². The highest BCUT2D eigenvalue weighted by Gasteiger charge is 2.21. The van der Waals surface area contributed by atoms with E-state index >= 15 is 0 Å². The summed E-state index contributed by atoms with van der Waals surface area (Å²) >= 11 is 0. The van der Waals surface area contributed by atoms with Crippen molar-refractivity contribution >= 4 is 82.2 Å². The van der Waals surface area contributed by atoms with E-state index < -0.39 is 0 Å². The van der Waals surface area contributed by atoms with E-state index in [0.717, 1.165) is 28.4 Å². The third-order valence-electron chi connectivity index (χ3n) is 12.4. The van der Waals surface area contributed by atoms with Crippen molar-refractivity contribution < 1.29 is 0 Å². The van der Waals surface area contributed by atoms with Crippen LogP contribution in [0.25, 0.3) is 87.7 Å². The Bertz CT molecular complexity index is 3690. The lowest BCUT2D eigenvalue weighted by Crippen LogP contribution is -2.09. The number of fused-ring (bicyclic) bond motifs is 9. The number of para-hydroxylation sites is 3. The van der Waals surface area contributed by atoms with E-state index in [4.69, 9.17) is 0 Å². The summed E-state index contributed by atoms with van der Waals surface area (Å²) in [5.41, 5.74) is 12.9. The maximum atomic E-state index is 3.46. The number of benzene rings is 10. The second-order valence-electron chi connectivity index (χ2n) is 16.2. The van der Waals surface area contributed by atoms with Crippen molar-refractivity contribution in [2.24, 2.45) is 0 Å². The highest BCUT2D eigenvalue weighted by molar-refractivity contribution is 6.26. The smallest absolute Gasteiger partial charge is 0.0641 e. The minimum atomic E-state index is 1.11. The molecule has 12 aromatic rings. The number of hydrogen-bond donors (Lipinski definition) is 0. The Morgan fingerprint density at radius 2 is 0.922 bits per heavy atom. The zero-order valence-electron chi connectivity index (χ0n) is 35.6. The third-order valence-corrected chi connectivity index (χ3v) is 12.4. The molecule has 64 heavy (non-hydrogen) atoms. The van der Waals surface area contributed by atoms with E-state index in [-0.39, 0.29) is 0 Å². The lowest BCUT2D eigenvalue weighted by atomic mass is 10.0. The van der Waals surface area contributed by atoms with Gasteiger partial charge in [-0.15, -0.1) is 0 Å². The maximum Gasteiger partial charge on any atom is 0.0641 e. The van der Waals surface area contributed by atoms with Gasteiger partial charge >= 0.3 is 0 Å². The Kier molecular flexibility index (Phi) is 9.91. The molecule has 0 spiro atoms. The molecule has 0 N–H and O–H groups in total. The first-order valence-electron chi connectivity index (χ1n) is 21.9. The molecule has 0 saturated heterocycles. The molecule has 3 nitrogen and oxygen atoms in total. The van der Waals surface area contributed by atoms with E-state index in [0.29, 0.717) is 0 Å². The molecule has 3 heteroatoms. The fourth-order valence-electron chi connectivity index (χ4n) is 9.46. The fourth-order valence-corrected chi connectivity index (χ4v) is 9.46. The summed E-state index contributed by atoms with van der Waals surface area (Å²) in [6, 6.07) is 81.6. The third kappa shape index (κ3) is 6.72. The number of rotatable bonds is 7. The predicted octanol–water partition coefficient (Wildman–Crippen LogP) is 17.1. The average Bonchev–Trinajstić information content (AvgIpc) is 3.88. The van der Waals surface area contributed by atoms with Crippen molar-refractivity contribution in [3.8, 4) is 22.5 Å². The molecule has 0 saturated carbocycles. The Balaban J connectivity index is 0.000000868. The van der Waals surface area contributed by atoms with E-state index in [1.54, 1.807) is 6.08 Å². The summed E-state index contributed by atoms with van der Waals surface area (Å²) in [7, 11) is 0. The topological polar surface area (TPSA) is 13.1 Å². The molecule has 0 aliphatic carbocycles.